The average molecular weight is 402 g/mol. The van der Waals surface area contributed by atoms with E-state index in [1.165, 1.54) is 23.9 Å². The largest absolute Gasteiger partial charge is 0.391 e. The normalized spacial score (nSPS) is 20.3. The van der Waals surface area contributed by atoms with Gasteiger partial charge in [0.05, 0.1) is 35.6 Å². The van der Waals surface area contributed by atoms with Crippen LogP contribution >= 0.6 is 11.6 Å². The van der Waals surface area contributed by atoms with E-state index < -0.39 is 6.10 Å². The van der Waals surface area contributed by atoms with Gasteiger partial charge in [0, 0.05) is 24.4 Å². The number of rotatable bonds is 5. The number of benzene rings is 1. The minimum atomic E-state index is -0.510. The van der Waals surface area contributed by atoms with E-state index in [4.69, 9.17) is 19.4 Å². The number of nitrogens with zero attached hydrogens (tertiary/aromatic N) is 3. The van der Waals surface area contributed by atoms with Gasteiger partial charge in [-0.15, -0.1) is 0 Å². The van der Waals surface area contributed by atoms with Crippen molar-refractivity contribution in [2.75, 3.05) is 6.54 Å². The van der Waals surface area contributed by atoms with Gasteiger partial charge in [-0.2, -0.15) is 5.10 Å². The molecule has 2 radical (unpaired) electrons. The molecule has 1 aromatic carbocycles. The summed E-state index contributed by atoms with van der Waals surface area (Å²) in [6.45, 7) is 2.27. The van der Waals surface area contributed by atoms with Crippen molar-refractivity contribution in [3.63, 3.8) is 0 Å². The standard InChI is InChI=1S/C18H21BClN5O3/c1-10(26)23-24-11(5-16-17(27)3-2-4-21-16)8-25-9-22-15-7-13(19)14(20)6-12(15)18(25)28/h6-7,9,16-17,21,27H,2-5,8H2,1H3,(H,23,26)/b24-11-/t16-,17+/m1/s1. The lowest BCUT2D eigenvalue weighted by molar-refractivity contribution is -0.118. The molecule has 146 valence electrons. The monoisotopic (exact) mass is 401 g/mol. The Morgan fingerprint density at radius 3 is 3.04 bits per heavy atom. The van der Waals surface area contributed by atoms with E-state index in [2.05, 4.69) is 20.8 Å². The molecule has 1 fully saturated rings. The highest BCUT2D eigenvalue weighted by molar-refractivity contribution is 6.45. The molecule has 28 heavy (non-hydrogen) atoms. The highest BCUT2D eigenvalue weighted by Gasteiger charge is 2.24. The summed E-state index contributed by atoms with van der Waals surface area (Å²) in [6, 6.07) is 2.85. The molecular formula is C18H21BClN5O3. The fraction of sp³-hybridized carbons (Fsp3) is 0.444. The minimum Gasteiger partial charge on any atom is -0.391 e. The van der Waals surface area contributed by atoms with Gasteiger partial charge in [0.2, 0.25) is 5.91 Å². The lowest BCUT2D eigenvalue weighted by Gasteiger charge is -2.29. The molecule has 0 unspecified atom stereocenters. The molecule has 1 aliphatic rings. The molecule has 1 saturated heterocycles. The molecule has 0 aliphatic carbocycles. The van der Waals surface area contributed by atoms with Crippen LogP contribution in [0, 0.1) is 0 Å². The van der Waals surface area contributed by atoms with E-state index in [-0.39, 0.29) is 29.1 Å². The minimum absolute atomic E-state index is 0.120. The molecule has 2 aromatic rings. The summed E-state index contributed by atoms with van der Waals surface area (Å²) >= 11 is 6.04. The second-order valence-electron chi connectivity index (χ2n) is 6.89. The summed E-state index contributed by atoms with van der Waals surface area (Å²) in [5.41, 5.74) is 3.46. The molecule has 1 aliphatic heterocycles. The predicted molar refractivity (Wildman–Crippen MR) is 109 cm³/mol. The summed E-state index contributed by atoms with van der Waals surface area (Å²) in [4.78, 5) is 28.4. The number of nitrogens with one attached hydrogen (secondary N) is 2. The van der Waals surface area contributed by atoms with Crippen LogP contribution in [0.4, 0.5) is 0 Å². The van der Waals surface area contributed by atoms with Crippen LogP contribution in [-0.4, -0.2) is 52.8 Å². The first kappa shape index (κ1) is 20.5. The van der Waals surface area contributed by atoms with Crippen molar-refractivity contribution < 1.29 is 9.90 Å². The fourth-order valence-electron chi connectivity index (χ4n) is 3.21. The van der Waals surface area contributed by atoms with Crippen molar-refractivity contribution in [2.45, 2.75) is 44.9 Å². The number of carbonyl (C=O) groups is 1. The number of halogens is 1. The number of hydrogen-bond acceptors (Lipinski definition) is 6. The summed E-state index contributed by atoms with van der Waals surface area (Å²) in [6.07, 6.45) is 2.88. The molecule has 2 heterocycles. The number of fused-ring (bicyclic) bond motifs is 1. The van der Waals surface area contributed by atoms with Crippen molar-refractivity contribution in [1.82, 2.24) is 20.3 Å². The Balaban J connectivity index is 1.90. The molecule has 0 spiro atoms. The van der Waals surface area contributed by atoms with Crippen LogP contribution in [0.2, 0.25) is 5.02 Å². The first-order valence-corrected chi connectivity index (χ1v) is 9.40. The number of carbonyl (C=O) groups excluding carboxylic acids is 1. The van der Waals surface area contributed by atoms with Gasteiger partial charge in [-0.3, -0.25) is 14.2 Å². The SMILES string of the molecule is [B]c1cc2ncn(C/C(C[C@H]3NCCC[C@@H]3O)=N\NC(C)=O)c(=O)c2cc1Cl. The van der Waals surface area contributed by atoms with Gasteiger partial charge >= 0.3 is 0 Å². The van der Waals surface area contributed by atoms with Crippen LogP contribution in [0.3, 0.4) is 0 Å². The van der Waals surface area contributed by atoms with Crippen molar-refractivity contribution in [3.05, 3.63) is 33.8 Å². The second kappa shape index (κ2) is 8.85. The number of aliphatic hydroxyl groups excluding tert-OH is 1. The van der Waals surface area contributed by atoms with Gasteiger partial charge in [0.1, 0.15) is 7.85 Å². The number of hydrazone groups is 1. The van der Waals surface area contributed by atoms with E-state index in [0.717, 1.165) is 13.0 Å². The van der Waals surface area contributed by atoms with E-state index in [9.17, 15) is 14.7 Å². The third-order valence-electron chi connectivity index (χ3n) is 4.67. The quantitative estimate of drug-likeness (QED) is 0.366. The third kappa shape index (κ3) is 4.78. The molecule has 3 rings (SSSR count). The maximum atomic E-state index is 12.8. The second-order valence-corrected chi connectivity index (χ2v) is 7.30. The van der Waals surface area contributed by atoms with Gasteiger partial charge < -0.3 is 10.4 Å². The van der Waals surface area contributed by atoms with Gasteiger partial charge in [-0.1, -0.05) is 17.1 Å². The molecule has 1 amide bonds. The maximum Gasteiger partial charge on any atom is 0.261 e. The summed E-state index contributed by atoms with van der Waals surface area (Å²) in [7, 11) is 5.77. The fourth-order valence-corrected chi connectivity index (χ4v) is 3.37. The zero-order valence-electron chi connectivity index (χ0n) is 15.5. The number of aromatic nitrogens is 2. The Morgan fingerprint density at radius 1 is 1.54 bits per heavy atom. The number of piperidine rings is 1. The highest BCUT2D eigenvalue weighted by atomic mass is 35.5. The molecular weight excluding hydrogens is 380 g/mol. The smallest absolute Gasteiger partial charge is 0.261 e. The van der Waals surface area contributed by atoms with Crippen LogP contribution in [0.1, 0.15) is 26.2 Å². The Kier molecular flexibility index (Phi) is 6.48. The molecule has 3 N–H and O–H groups in total. The zero-order valence-corrected chi connectivity index (χ0v) is 16.2. The van der Waals surface area contributed by atoms with Crippen LogP contribution < -0.4 is 21.8 Å². The topological polar surface area (TPSA) is 109 Å². The van der Waals surface area contributed by atoms with Crippen molar-refractivity contribution in [1.29, 1.82) is 0 Å². The molecule has 10 heteroatoms. The van der Waals surface area contributed by atoms with E-state index >= 15 is 0 Å². The molecule has 2 atom stereocenters. The van der Waals surface area contributed by atoms with Gasteiger partial charge in [0.25, 0.3) is 5.56 Å². The Morgan fingerprint density at radius 2 is 2.32 bits per heavy atom. The lowest BCUT2D eigenvalue weighted by Crippen LogP contribution is -2.46. The Bertz CT molecular complexity index is 978. The number of amides is 1. The maximum absolute atomic E-state index is 12.8. The number of hydrogen-bond donors (Lipinski definition) is 3. The van der Waals surface area contributed by atoms with Crippen LogP contribution in [0.5, 0.6) is 0 Å². The van der Waals surface area contributed by atoms with Crippen LogP contribution in [-0.2, 0) is 11.3 Å². The first-order chi connectivity index (χ1) is 13.3. The molecule has 8 nitrogen and oxygen atoms in total. The van der Waals surface area contributed by atoms with Crippen molar-refractivity contribution in [3.8, 4) is 0 Å². The summed E-state index contributed by atoms with van der Waals surface area (Å²) < 4.78 is 1.39. The third-order valence-corrected chi connectivity index (χ3v) is 5.00. The average Bonchev–Trinajstić information content (AvgIpc) is 2.65. The Hall–Kier alpha value is -2.23. The zero-order chi connectivity index (χ0) is 20.3. The molecule has 0 saturated carbocycles. The molecule has 1 aromatic heterocycles. The summed E-state index contributed by atoms with van der Waals surface area (Å²) in [5.74, 6) is -0.319. The van der Waals surface area contributed by atoms with E-state index in [1.54, 1.807) is 6.07 Å². The summed E-state index contributed by atoms with van der Waals surface area (Å²) in [5, 5.41) is 18.2. The van der Waals surface area contributed by atoms with Gasteiger partial charge in [0.15, 0.2) is 0 Å². The Labute approximate surface area is 168 Å². The van der Waals surface area contributed by atoms with Crippen molar-refractivity contribution in [2.24, 2.45) is 5.10 Å². The predicted octanol–water partition coefficient (Wildman–Crippen LogP) is -0.161. The first-order valence-electron chi connectivity index (χ1n) is 9.03. The lowest BCUT2D eigenvalue weighted by atomic mass is 9.95. The van der Waals surface area contributed by atoms with E-state index in [0.29, 0.717) is 34.9 Å². The van der Waals surface area contributed by atoms with Gasteiger partial charge in [-0.05, 0) is 31.5 Å². The highest BCUT2D eigenvalue weighted by Crippen LogP contribution is 2.14. The molecule has 0 bridgehead atoms. The number of aliphatic hydroxyl groups is 1. The van der Waals surface area contributed by atoms with Crippen LogP contribution in [0.25, 0.3) is 10.9 Å². The van der Waals surface area contributed by atoms with E-state index in [1.807, 2.05) is 0 Å². The van der Waals surface area contributed by atoms with Crippen LogP contribution in [0.15, 0.2) is 28.4 Å². The van der Waals surface area contributed by atoms with Crippen molar-refractivity contribution >= 4 is 47.4 Å². The van der Waals surface area contributed by atoms with Gasteiger partial charge in [-0.25, -0.2) is 10.4 Å².